The summed E-state index contributed by atoms with van der Waals surface area (Å²) in [5, 5.41) is 14.8. The molecular formula is C18H24N4O2. The van der Waals surface area contributed by atoms with Gasteiger partial charge in [-0.2, -0.15) is 5.26 Å². The van der Waals surface area contributed by atoms with Crippen LogP contribution in [-0.4, -0.2) is 31.1 Å². The smallest absolute Gasteiger partial charge is 0.315 e. The lowest BCUT2D eigenvalue weighted by molar-refractivity contribution is -0.116. The Labute approximate surface area is 142 Å². The molecule has 0 aromatic heterocycles. The summed E-state index contributed by atoms with van der Waals surface area (Å²) in [6.07, 6.45) is 5.65. The van der Waals surface area contributed by atoms with Gasteiger partial charge in [0.15, 0.2) is 0 Å². The number of rotatable bonds is 5. The van der Waals surface area contributed by atoms with Gasteiger partial charge in [-0.05, 0) is 31.0 Å². The van der Waals surface area contributed by atoms with Crippen molar-refractivity contribution in [1.29, 1.82) is 5.26 Å². The van der Waals surface area contributed by atoms with Gasteiger partial charge in [0.1, 0.15) is 0 Å². The molecule has 6 nitrogen and oxygen atoms in total. The van der Waals surface area contributed by atoms with Crippen molar-refractivity contribution < 1.29 is 9.59 Å². The number of nitriles is 1. The monoisotopic (exact) mass is 328 g/mol. The van der Waals surface area contributed by atoms with E-state index in [0.717, 1.165) is 25.7 Å². The first-order chi connectivity index (χ1) is 11.6. The molecule has 1 aromatic rings. The number of nitrogens with zero attached hydrogens (tertiary/aromatic N) is 2. The van der Waals surface area contributed by atoms with Crippen LogP contribution in [0.4, 0.5) is 10.5 Å². The zero-order valence-corrected chi connectivity index (χ0v) is 14.0. The first-order valence-corrected chi connectivity index (χ1v) is 8.43. The van der Waals surface area contributed by atoms with E-state index in [0.29, 0.717) is 24.3 Å². The van der Waals surface area contributed by atoms with Crippen LogP contribution in [0.3, 0.4) is 0 Å². The van der Waals surface area contributed by atoms with Crippen molar-refractivity contribution in [2.75, 3.05) is 18.0 Å². The molecule has 0 spiro atoms. The van der Waals surface area contributed by atoms with Crippen molar-refractivity contribution in [3.05, 3.63) is 29.8 Å². The van der Waals surface area contributed by atoms with E-state index in [9.17, 15) is 9.59 Å². The molecule has 0 heterocycles. The number of hydrogen-bond acceptors (Lipinski definition) is 3. The highest BCUT2D eigenvalue weighted by molar-refractivity contribution is 5.91. The van der Waals surface area contributed by atoms with Crippen LogP contribution in [0.1, 0.15) is 44.6 Å². The number of urea groups is 1. The van der Waals surface area contributed by atoms with E-state index in [1.54, 1.807) is 29.2 Å². The Balaban J connectivity index is 1.84. The molecule has 0 unspecified atom stereocenters. The molecule has 1 saturated carbocycles. The van der Waals surface area contributed by atoms with Crippen molar-refractivity contribution >= 4 is 17.6 Å². The molecule has 0 atom stereocenters. The van der Waals surface area contributed by atoms with Crippen LogP contribution in [0.5, 0.6) is 0 Å². The Bertz CT molecular complexity index is 618. The second-order valence-electron chi connectivity index (χ2n) is 6.07. The third-order valence-electron chi connectivity index (χ3n) is 4.23. The minimum Gasteiger partial charge on any atom is -0.336 e. The lowest BCUT2D eigenvalue weighted by Gasteiger charge is -2.24. The van der Waals surface area contributed by atoms with E-state index in [2.05, 4.69) is 16.7 Å². The lowest BCUT2D eigenvalue weighted by atomic mass is 9.96. The van der Waals surface area contributed by atoms with Crippen LogP contribution < -0.4 is 15.5 Å². The van der Waals surface area contributed by atoms with Gasteiger partial charge < -0.3 is 15.5 Å². The first-order valence-electron chi connectivity index (χ1n) is 8.43. The summed E-state index contributed by atoms with van der Waals surface area (Å²) in [4.78, 5) is 25.3. The average Bonchev–Trinajstić information content (AvgIpc) is 2.59. The van der Waals surface area contributed by atoms with Crippen LogP contribution in [0.15, 0.2) is 24.3 Å². The molecule has 0 saturated heterocycles. The average molecular weight is 328 g/mol. The second-order valence-corrected chi connectivity index (χ2v) is 6.07. The highest BCUT2D eigenvalue weighted by Crippen LogP contribution is 2.17. The third kappa shape index (κ3) is 5.27. The van der Waals surface area contributed by atoms with Gasteiger partial charge in [-0.25, -0.2) is 4.79 Å². The van der Waals surface area contributed by atoms with Crippen molar-refractivity contribution in [2.24, 2.45) is 0 Å². The Morgan fingerprint density at radius 2 is 2.04 bits per heavy atom. The number of benzene rings is 1. The van der Waals surface area contributed by atoms with Crippen molar-refractivity contribution in [3.63, 3.8) is 0 Å². The number of hydrogen-bond donors (Lipinski definition) is 2. The molecule has 6 heteroatoms. The van der Waals surface area contributed by atoms with Gasteiger partial charge in [0.2, 0.25) is 5.91 Å². The highest BCUT2D eigenvalue weighted by Gasteiger charge is 2.16. The molecular weight excluding hydrogens is 304 g/mol. The summed E-state index contributed by atoms with van der Waals surface area (Å²) in [6.45, 7) is 2.19. The van der Waals surface area contributed by atoms with Crippen LogP contribution in [-0.2, 0) is 4.79 Å². The Morgan fingerprint density at radius 3 is 2.71 bits per heavy atom. The van der Waals surface area contributed by atoms with E-state index in [4.69, 9.17) is 5.26 Å². The minimum atomic E-state index is -0.184. The Hall–Kier alpha value is -2.55. The number of nitrogens with one attached hydrogen (secondary N) is 2. The number of anilines is 1. The normalized spacial score (nSPS) is 14.5. The van der Waals surface area contributed by atoms with Gasteiger partial charge in [-0.1, -0.05) is 25.3 Å². The fourth-order valence-electron chi connectivity index (χ4n) is 2.98. The van der Waals surface area contributed by atoms with Crippen LogP contribution in [0, 0.1) is 11.3 Å². The quantitative estimate of drug-likeness (QED) is 0.871. The van der Waals surface area contributed by atoms with E-state index in [-0.39, 0.29) is 18.0 Å². The largest absolute Gasteiger partial charge is 0.336 e. The predicted molar refractivity (Wildman–Crippen MR) is 92.6 cm³/mol. The molecule has 1 aliphatic carbocycles. The van der Waals surface area contributed by atoms with E-state index < -0.39 is 0 Å². The second kappa shape index (κ2) is 8.92. The highest BCUT2D eigenvalue weighted by atomic mass is 16.2. The maximum atomic E-state index is 11.9. The molecule has 1 aliphatic rings. The van der Waals surface area contributed by atoms with Crippen LogP contribution in [0.25, 0.3) is 0 Å². The fraction of sp³-hybridized carbons (Fsp3) is 0.500. The predicted octanol–water partition coefficient (Wildman–Crippen LogP) is 2.54. The molecule has 128 valence electrons. The molecule has 2 rings (SSSR count). The maximum Gasteiger partial charge on any atom is 0.315 e. The Kier molecular flexibility index (Phi) is 6.62. The maximum absolute atomic E-state index is 11.9. The summed E-state index contributed by atoms with van der Waals surface area (Å²) in [5.41, 5.74) is 1.16. The van der Waals surface area contributed by atoms with E-state index in [1.165, 1.54) is 13.3 Å². The molecule has 0 bridgehead atoms. The topological polar surface area (TPSA) is 85.2 Å². The zero-order chi connectivity index (χ0) is 17.4. The van der Waals surface area contributed by atoms with E-state index >= 15 is 0 Å². The molecule has 3 amide bonds. The fourth-order valence-corrected chi connectivity index (χ4v) is 2.98. The molecule has 2 N–H and O–H groups in total. The third-order valence-corrected chi connectivity index (χ3v) is 4.23. The zero-order valence-electron chi connectivity index (χ0n) is 14.0. The summed E-state index contributed by atoms with van der Waals surface area (Å²) in [5.74, 6) is -0.125. The molecule has 0 radical (unpaired) electrons. The van der Waals surface area contributed by atoms with Crippen molar-refractivity contribution in [3.8, 4) is 6.07 Å². The number of carbonyl (C=O) groups excluding carboxylic acids is 2. The lowest BCUT2D eigenvalue weighted by Crippen LogP contribution is -2.45. The van der Waals surface area contributed by atoms with Gasteiger partial charge >= 0.3 is 6.03 Å². The Morgan fingerprint density at radius 1 is 1.29 bits per heavy atom. The molecule has 0 aliphatic heterocycles. The minimum absolute atomic E-state index is 0.125. The SMILES string of the molecule is CC(=O)N(CCNC(=O)NC1CCCCC1)c1cccc(C#N)c1. The summed E-state index contributed by atoms with van der Waals surface area (Å²) < 4.78 is 0. The summed E-state index contributed by atoms with van der Waals surface area (Å²) in [6, 6.07) is 9.03. The van der Waals surface area contributed by atoms with Crippen LogP contribution >= 0.6 is 0 Å². The van der Waals surface area contributed by atoms with Crippen molar-refractivity contribution in [2.45, 2.75) is 45.1 Å². The van der Waals surface area contributed by atoms with Gasteiger partial charge in [-0.3, -0.25) is 4.79 Å². The summed E-state index contributed by atoms with van der Waals surface area (Å²) >= 11 is 0. The molecule has 24 heavy (non-hydrogen) atoms. The molecule has 1 aromatic carbocycles. The van der Waals surface area contributed by atoms with Crippen LogP contribution in [0.2, 0.25) is 0 Å². The standard InChI is InChI=1S/C18H24N4O2/c1-14(23)22(17-9-5-6-15(12-17)13-19)11-10-20-18(24)21-16-7-3-2-4-8-16/h5-6,9,12,16H,2-4,7-8,10-11H2,1H3,(H2,20,21,24). The van der Waals surface area contributed by atoms with Crippen molar-refractivity contribution in [1.82, 2.24) is 10.6 Å². The van der Waals surface area contributed by atoms with Gasteiger partial charge in [0.25, 0.3) is 0 Å². The van der Waals surface area contributed by atoms with Gasteiger partial charge in [0.05, 0.1) is 11.6 Å². The number of carbonyl (C=O) groups is 2. The summed E-state index contributed by atoms with van der Waals surface area (Å²) in [7, 11) is 0. The first kappa shape index (κ1) is 17.8. The number of amides is 3. The van der Waals surface area contributed by atoms with E-state index in [1.807, 2.05) is 0 Å². The van der Waals surface area contributed by atoms with Gasteiger partial charge in [0, 0.05) is 31.7 Å². The molecule has 1 fully saturated rings. The van der Waals surface area contributed by atoms with Gasteiger partial charge in [-0.15, -0.1) is 0 Å².